The van der Waals surface area contributed by atoms with Gasteiger partial charge in [0.1, 0.15) is 0 Å². The Hall–Kier alpha value is 0.140. The number of hydrogen-bond donors (Lipinski definition) is 1. The van der Waals surface area contributed by atoms with Gasteiger partial charge in [-0.3, -0.25) is 0 Å². The fourth-order valence-corrected chi connectivity index (χ4v) is 4.53. The van der Waals surface area contributed by atoms with Gasteiger partial charge in [-0.2, -0.15) is 0 Å². The van der Waals surface area contributed by atoms with E-state index in [0.717, 1.165) is 22.7 Å². The minimum atomic E-state index is -0.149. The second-order valence-corrected chi connectivity index (χ2v) is 7.83. The molecule has 1 unspecified atom stereocenters. The first-order valence-electron chi connectivity index (χ1n) is 6.97. The van der Waals surface area contributed by atoms with Crippen molar-refractivity contribution in [2.75, 3.05) is 0 Å². The molecule has 1 saturated carbocycles. The van der Waals surface area contributed by atoms with Crippen LogP contribution in [0, 0.1) is 17.8 Å². The number of aliphatic hydroxyl groups excluding tert-OH is 1. The third-order valence-corrected chi connectivity index (χ3v) is 6.06. The Morgan fingerprint density at radius 1 is 1.28 bits per heavy atom. The molecule has 0 amide bonds. The van der Waals surface area contributed by atoms with E-state index in [1.807, 2.05) is 0 Å². The molecule has 102 valence electrons. The van der Waals surface area contributed by atoms with Crippen LogP contribution < -0.4 is 0 Å². The van der Waals surface area contributed by atoms with Crippen molar-refractivity contribution in [3.05, 3.63) is 20.8 Å². The maximum absolute atomic E-state index is 10.4. The van der Waals surface area contributed by atoms with E-state index in [0.29, 0.717) is 5.92 Å². The van der Waals surface area contributed by atoms with Gasteiger partial charge in [0.2, 0.25) is 0 Å². The second-order valence-electron chi connectivity index (χ2n) is 5.92. The average Bonchev–Trinajstić information content (AvgIpc) is 2.75. The molecule has 1 heterocycles. The van der Waals surface area contributed by atoms with Gasteiger partial charge in [-0.15, -0.1) is 11.3 Å². The number of aliphatic hydroxyl groups is 1. The SMILES string of the molecule is CC(C)C1CCC(C(O)Cc2cc(Br)cs2)CC1. The molecular weight excluding hydrogens is 308 g/mol. The van der Waals surface area contributed by atoms with Gasteiger partial charge in [0, 0.05) is 21.2 Å². The van der Waals surface area contributed by atoms with Gasteiger partial charge < -0.3 is 5.11 Å². The zero-order chi connectivity index (χ0) is 13.1. The molecule has 0 bridgehead atoms. The topological polar surface area (TPSA) is 20.2 Å². The molecule has 1 atom stereocenters. The van der Waals surface area contributed by atoms with Gasteiger partial charge in [0.05, 0.1) is 6.10 Å². The Balaban J connectivity index is 1.82. The van der Waals surface area contributed by atoms with E-state index < -0.39 is 0 Å². The minimum absolute atomic E-state index is 0.149. The molecule has 0 radical (unpaired) electrons. The third-order valence-electron chi connectivity index (χ3n) is 4.34. The highest BCUT2D eigenvalue weighted by atomic mass is 79.9. The van der Waals surface area contributed by atoms with Crippen LogP contribution >= 0.6 is 27.3 Å². The average molecular weight is 331 g/mol. The van der Waals surface area contributed by atoms with E-state index >= 15 is 0 Å². The van der Waals surface area contributed by atoms with Crippen LogP contribution in [0.15, 0.2) is 15.9 Å². The maximum atomic E-state index is 10.4. The Morgan fingerprint density at radius 2 is 1.89 bits per heavy atom. The number of thiophene rings is 1. The van der Waals surface area contributed by atoms with Crippen molar-refractivity contribution in [1.29, 1.82) is 0 Å². The summed E-state index contributed by atoms with van der Waals surface area (Å²) in [5.41, 5.74) is 0. The first-order chi connectivity index (χ1) is 8.56. The summed E-state index contributed by atoms with van der Waals surface area (Å²) in [6.45, 7) is 4.65. The fraction of sp³-hybridized carbons (Fsp3) is 0.733. The van der Waals surface area contributed by atoms with E-state index in [4.69, 9.17) is 0 Å². The van der Waals surface area contributed by atoms with Crippen LogP contribution in [0.5, 0.6) is 0 Å². The van der Waals surface area contributed by atoms with Crippen molar-refractivity contribution in [1.82, 2.24) is 0 Å². The van der Waals surface area contributed by atoms with Crippen molar-refractivity contribution in [2.24, 2.45) is 17.8 Å². The normalized spacial score (nSPS) is 26.5. The van der Waals surface area contributed by atoms with Crippen LogP contribution in [-0.2, 0) is 6.42 Å². The molecule has 3 heteroatoms. The molecule has 1 aromatic heterocycles. The van der Waals surface area contributed by atoms with Crippen LogP contribution in [0.25, 0.3) is 0 Å². The molecule has 0 spiro atoms. The predicted molar refractivity (Wildman–Crippen MR) is 82.0 cm³/mol. The van der Waals surface area contributed by atoms with Gasteiger partial charge >= 0.3 is 0 Å². The van der Waals surface area contributed by atoms with Crippen molar-refractivity contribution in [2.45, 2.75) is 52.1 Å². The van der Waals surface area contributed by atoms with Gasteiger partial charge in [-0.1, -0.05) is 13.8 Å². The molecule has 1 aliphatic carbocycles. The molecule has 2 rings (SSSR count). The zero-order valence-electron chi connectivity index (χ0n) is 11.2. The number of halogens is 1. The summed E-state index contributed by atoms with van der Waals surface area (Å²) in [5.74, 6) is 2.20. The Morgan fingerprint density at radius 3 is 2.39 bits per heavy atom. The molecule has 1 nitrogen and oxygen atoms in total. The second kappa shape index (κ2) is 6.53. The smallest absolute Gasteiger partial charge is 0.0616 e. The zero-order valence-corrected chi connectivity index (χ0v) is 13.6. The van der Waals surface area contributed by atoms with Gasteiger partial charge in [0.15, 0.2) is 0 Å². The van der Waals surface area contributed by atoms with E-state index in [1.54, 1.807) is 11.3 Å². The lowest BCUT2D eigenvalue weighted by molar-refractivity contribution is 0.0681. The summed E-state index contributed by atoms with van der Waals surface area (Å²) in [6, 6.07) is 2.13. The van der Waals surface area contributed by atoms with E-state index in [9.17, 15) is 5.11 Å². The molecule has 0 saturated heterocycles. The highest BCUT2D eigenvalue weighted by Crippen LogP contribution is 2.36. The van der Waals surface area contributed by atoms with Crippen molar-refractivity contribution >= 4 is 27.3 Å². The lowest BCUT2D eigenvalue weighted by Crippen LogP contribution is -2.28. The molecule has 18 heavy (non-hydrogen) atoms. The van der Waals surface area contributed by atoms with Crippen LogP contribution in [0.1, 0.15) is 44.4 Å². The highest BCUT2D eigenvalue weighted by molar-refractivity contribution is 9.10. The molecular formula is C15H23BrOS. The molecule has 0 aliphatic heterocycles. The summed E-state index contributed by atoms with van der Waals surface area (Å²) in [5, 5.41) is 12.4. The Labute approximate surface area is 123 Å². The predicted octanol–water partition coefficient (Wildman–Crippen LogP) is 4.88. The summed E-state index contributed by atoms with van der Waals surface area (Å²) < 4.78 is 1.14. The van der Waals surface area contributed by atoms with Crippen molar-refractivity contribution in [3.63, 3.8) is 0 Å². The van der Waals surface area contributed by atoms with Crippen LogP contribution in [-0.4, -0.2) is 11.2 Å². The monoisotopic (exact) mass is 330 g/mol. The highest BCUT2D eigenvalue weighted by Gasteiger charge is 2.27. The Bertz CT molecular complexity index is 366. The van der Waals surface area contributed by atoms with Crippen molar-refractivity contribution in [3.8, 4) is 0 Å². The molecule has 0 aromatic carbocycles. The summed E-state index contributed by atoms with van der Waals surface area (Å²) >= 11 is 5.21. The summed E-state index contributed by atoms with van der Waals surface area (Å²) in [7, 11) is 0. The van der Waals surface area contributed by atoms with E-state index in [2.05, 4.69) is 41.2 Å². The van der Waals surface area contributed by atoms with Gasteiger partial charge in [-0.25, -0.2) is 0 Å². The first kappa shape index (κ1) is 14.5. The molecule has 1 fully saturated rings. The molecule has 1 aliphatic rings. The quantitative estimate of drug-likeness (QED) is 0.834. The summed E-state index contributed by atoms with van der Waals surface area (Å²) in [4.78, 5) is 1.29. The largest absolute Gasteiger partial charge is 0.392 e. The lowest BCUT2D eigenvalue weighted by Gasteiger charge is -2.33. The first-order valence-corrected chi connectivity index (χ1v) is 8.64. The minimum Gasteiger partial charge on any atom is -0.392 e. The number of rotatable bonds is 4. The lowest BCUT2D eigenvalue weighted by atomic mass is 9.75. The standard InChI is InChI=1S/C15H23BrOS/c1-10(2)11-3-5-12(6-4-11)15(17)8-14-7-13(16)9-18-14/h7,9-12,15,17H,3-6,8H2,1-2H3. The number of hydrogen-bond acceptors (Lipinski definition) is 2. The van der Waals surface area contributed by atoms with Gasteiger partial charge in [0.25, 0.3) is 0 Å². The summed E-state index contributed by atoms with van der Waals surface area (Å²) in [6.07, 6.45) is 5.69. The molecule has 1 N–H and O–H groups in total. The van der Waals surface area contributed by atoms with Crippen LogP contribution in [0.3, 0.4) is 0 Å². The van der Waals surface area contributed by atoms with Crippen LogP contribution in [0.4, 0.5) is 0 Å². The van der Waals surface area contributed by atoms with E-state index in [1.165, 1.54) is 30.6 Å². The maximum Gasteiger partial charge on any atom is 0.0616 e. The van der Waals surface area contributed by atoms with Crippen molar-refractivity contribution < 1.29 is 5.11 Å². The Kier molecular flexibility index (Phi) is 5.28. The fourth-order valence-electron chi connectivity index (χ4n) is 3.03. The van der Waals surface area contributed by atoms with E-state index in [-0.39, 0.29) is 6.10 Å². The third kappa shape index (κ3) is 3.82. The molecule has 1 aromatic rings. The van der Waals surface area contributed by atoms with Crippen LogP contribution in [0.2, 0.25) is 0 Å². The van der Waals surface area contributed by atoms with Gasteiger partial charge in [-0.05, 0) is 65.4 Å².